The van der Waals surface area contributed by atoms with E-state index in [2.05, 4.69) is 25.6 Å². The number of hydrogen-bond donors (Lipinski definition) is 1. The third-order valence-electron chi connectivity index (χ3n) is 3.50. The first-order chi connectivity index (χ1) is 12.9. The number of halogens is 3. The molecule has 0 aliphatic carbocycles. The molecule has 0 bridgehead atoms. The Morgan fingerprint density at radius 3 is 2.59 bits per heavy atom. The molecule has 7 nitrogen and oxygen atoms in total. The number of aromatic nitrogens is 4. The third-order valence-corrected chi connectivity index (χ3v) is 3.50. The zero-order valence-corrected chi connectivity index (χ0v) is 13.8. The summed E-state index contributed by atoms with van der Waals surface area (Å²) in [4.78, 5) is 12.3. The number of alkyl halides is 3. The number of amides is 1. The lowest BCUT2D eigenvalue weighted by Crippen LogP contribution is -2.23. The van der Waals surface area contributed by atoms with Gasteiger partial charge in [0.15, 0.2) is 6.61 Å². The molecule has 0 fully saturated rings. The van der Waals surface area contributed by atoms with Crippen molar-refractivity contribution in [3.05, 3.63) is 66.0 Å². The van der Waals surface area contributed by atoms with Crippen molar-refractivity contribution in [3.63, 3.8) is 0 Å². The zero-order chi connectivity index (χ0) is 19.3. The summed E-state index contributed by atoms with van der Waals surface area (Å²) in [6.45, 7) is -1.13. The maximum atomic E-state index is 12.3. The predicted molar refractivity (Wildman–Crippen MR) is 88.3 cm³/mol. The largest absolute Gasteiger partial charge is 0.484 e. The monoisotopic (exact) mass is 377 g/mol. The third kappa shape index (κ3) is 5.27. The fraction of sp³-hybridized carbons (Fsp3) is 0.176. The Balaban J connectivity index is 1.57. The molecule has 1 N–H and O–H groups in total. The zero-order valence-electron chi connectivity index (χ0n) is 13.8. The van der Waals surface area contributed by atoms with Crippen LogP contribution in [0.1, 0.15) is 15.9 Å². The lowest BCUT2D eigenvalue weighted by atomic mass is 10.1. The fourth-order valence-electron chi connectivity index (χ4n) is 2.22. The molecule has 0 spiro atoms. The molecule has 0 radical (unpaired) electrons. The Bertz CT molecular complexity index is 896. The standard InChI is InChI=1S/C17H14F3N5O2/c18-17(19,20)10-27-15-6-4-12(5-7-15)9-21-16(26)13-2-1-3-14(8-13)25-11-22-23-24-25/h1-8,11H,9-10H2,(H,21,26). The second-order valence-electron chi connectivity index (χ2n) is 5.54. The molecule has 0 saturated heterocycles. The van der Waals surface area contributed by atoms with Crippen LogP contribution in [0.15, 0.2) is 54.9 Å². The van der Waals surface area contributed by atoms with E-state index in [1.165, 1.54) is 23.1 Å². The summed E-state index contributed by atoms with van der Waals surface area (Å²) in [6, 6.07) is 12.8. The highest BCUT2D eigenvalue weighted by Gasteiger charge is 2.28. The van der Waals surface area contributed by atoms with E-state index in [4.69, 9.17) is 0 Å². The molecule has 2 aromatic carbocycles. The number of ether oxygens (including phenoxy) is 1. The summed E-state index contributed by atoms with van der Waals surface area (Å²) < 4.78 is 42.4. The maximum Gasteiger partial charge on any atom is 0.422 e. The van der Waals surface area contributed by atoms with Crippen LogP contribution in [0.25, 0.3) is 5.69 Å². The van der Waals surface area contributed by atoms with Crippen molar-refractivity contribution in [2.45, 2.75) is 12.7 Å². The minimum Gasteiger partial charge on any atom is -0.484 e. The molecule has 1 aromatic heterocycles. The first-order valence-electron chi connectivity index (χ1n) is 7.81. The molecular weight excluding hydrogens is 363 g/mol. The number of tetrazole rings is 1. The van der Waals surface area contributed by atoms with Crippen molar-refractivity contribution < 1.29 is 22.7 Å². The van der Waals surface area contributed by atoms with Crippen LogP contribution in [-0.2, 0) is 6.54 Å². The van der Waals surface area contributed by atoms with E-state index in [1.807, 2.05) is 0 Å². The molecule has 0 saturated carbocycles. The molecule has 3 rings (SSSR count). The average Bonchev–Trinajstić information content (AvgIpc) is 3.19. The Kier molecular flexibility index (Phi) is 5.34. The number of nitrogens with zero attached hydrogens (tertiary/aromatic N) is 4. The summed E-state index contributed by atoms with van der Waals surface area (Å²) in [5.74, 6) is -0.195. The second-order valence-corrected chi connectivity index (χ2v) is 5.54. The first-order valence-corrected chi connectivity index (χ1v) is 7.81. The topological polar surface area (TPSA) is 81.9 Å². The summed E-state index contributed by atoms with van der Waals surface area (Å²) in [6.07, 6.45) is -2.97. The quantitative estimate of drug-likeness (QED) is 0.714. The van der Waals surface area contributed by atoms with Gasteiger partial charge in [-0.3, -0.25) is 4.79 Å². The molecule has 0 aliphatic heterocycles. The van der Waals surface area contributed by atoms with Crippen molar-refractivity contribution in [3.8, 4) is 11.4 Å². The van der Waals surface area contributed by atoms with Gasteiger partial charge < -0.3 is 10.1 Å². The smallest absolute Gasteiger partial charge is 0.422 e. The Hall–Kier alpha value is -3.43. The van der Waals surface area contributed by atoms with Crippen LogP contribution >= 0.6 is 0 Å². The molecule has 0 atom stereocenters. The molecule has 0 unspecified atom stereocenters. The molecule has 3 aromatic rings. The minimum absolute atomic E-state index is 0.108. The van der Waals surface area contributed by atoms with Crippen molar-refractivity contribution in [2.24, 2.45) is 0 Å². The molecular formula is C17H14F3N5O2. The van der Waals surface area contributed by atoms with Gasteiger partial charge >= 0.3 is 6.18 Å². The molecule has 0 aliphatic rings. The molecule has 1 heterocycles. The fourth-order valence-corrected chi connectivity index (χ4v) is 2.22. The van der Waals surface area contributed by atoms with E-state index < -0.39 is 12.8 Å². The Morgan fingerprint density at radius 1 is 1.15 bits per heavy atom. The van der Waals surface area contributed by atoms with Gasteiger partial charge in [0, 0.05) is 12.1 Å². The maximum absolute atomic E-state index is 12.3. The van der Waals surface area contributed by atoms with Crippen LogP contribution < -0.4 is 10.1 Å². The summed E-state index contributed by atoms with van der Waals surface area (Å²) in [5.41, 5.74) is 1.78. The number of carbonyl (C=O) groups excluding carboxylic acids is 1. The van der Waals surface area contributed by atoms with E-state index in [0.717, 1.165) is 5.56 Å². The Morgan fingerprint density at radius 2 is 1.93 bits per heavy atom. The van der Waals surface area contributed by atoms with Gasteiger partial charge in [0.05, 0.1) is 5.69 Å². The number of rotatable bonds is 6. The van der Waals surface area contributed by atoms with Crippen molar-refractivity contribution in [1.29, 1.82) is 0 Å². The molecule has 140 valence electrons. The van der Waals surface area contributed by atoms with Crippen molar-refractivity contribution >= 4 is 5.91 Å². The average molecular weight is 377 g/mol. The van der Waals surface area contributed by atoms with Gasteiger partial charge in [-0.15, -0.1) is 5.10 Å². The van der Waals surface area contributed by atoms with Crippen molar-refractivity contribution in [1.82, 2.24) is 25.5 Å². The molecule has 10 heteroatoms. The lowest BCUT2D eigenvalue weighted by molar-refractivity contribution is -0.153. The summed E-state index contributed by atoms with van der Waals surface area (Å²) >= 11 is 0. The van der Waals surface area contributed by atoms with Gasteiger partial charge in [0.25, 0.3) is 5.91 Å². The normalized spacial score (nSPS) is 11.2. The summed E-state index contributed by atoms with van der Waals surface area (Å²) in [5, 5.41) is 13.6. The van der Waals surface area contributed by atoms with Crippen LogP contribution in [0, 0.1) is 0 Å². The van der Waals surface area contributed by atoms with E-state index in [1.54, 1.807) is 36.4 Å². The van der Waals surface area contributed by atoms with Gasteiger partial charge in [-0.05, 0) is 46.3 Å². The highest BCUT2D eigenvalue weighted by atomic mass is 19.4. The highest BCUT2D eigenvalue weighted by Crippen LogP contribution is 2.19. The van der Waals surface area contributed by atoms with Crippen LogP contribution in [0.2, 0.25) is 0 Å². The number of carbonyl (C=O) groups is 1. The van der Waals surface area contributed by atoms with Gasteiger partial charge in [-0.2, -0.15) is 13.2 Å². The second kappa shape index (κ2) is 7.85. The van der Waals surface area contributed by atoms with Gasteiger partial charge in [0.1, 0.15) is 12.1 Å². The van der Waals surface area contributed by atoms with Crippen LogP contribution in [-0.4, -0.2) is 38.9 Å². The van der Waals surface area contributed by atoms with E-state index in [9.17, 15) is 18.0 Å². The molecule has 1 amide bonds. The van der Waals surface area contributed by atoms with Gasteiger partial charge in [-0.1, -0.05) is 18.2 Å². The van der Waals surface area contributed by atoms with Crippen molar-refractivity contribution in [2.75, 3.05) is 6.61 Å². The van der Waals surface area contributed by atoms with Crippen LogP contribution in [0.4, 0.5) is 13.2 Å². The number of benzene rings is 2. The molecule has 27 heavy (non-hydrogen) atoms. The van der Waals surface area contributed by atoms with E-state index in [-0.39, 0.29) is 18.2 Å². The highest BCUT2D eigenvalue weighted by molar-refractivity contribution is 5.94. The summed E-state index contributed by atoms with van der Waals surface area (Å²) in [7, 11) is 0. The minimum atomic E-state index is -4.39. The van der Waals surface area contributed by atoms with E-state index in [0.29, 0.717) is 11.3 Å². The van der Waals surface area contributed by atoms with Gasteiger partial charge in [0.2, 0.25) is 0 Å². The predicted octanol–water partition coefficient (Wildman–Crippen LogP) is 2.53. The SMILES string of the molecule is O=C(NCc1ccc(OCC(F)(F)F)cc1)c1cccc(-n2cnnn2)c1. The first kappa shape index (κ1) is 18.4. The van der Waals surface area contributed by atoms with Crippen LogP contribution in [0.3, 0.4) is 0 Å². The van der Waals surface area contributed by atoms with Crippen LogP contribution in [0.5, 0.6) is 5.75 Å². The van der Waals surface area contributed by atoms with E-state index >= 15 is 0 Å². The number of hydrogen-bond acceptors (Lipinski definition) is 5. The Labute approximate surface area is 151 Å². The van der Waals surface area contributed by atoms with Gasteiger partial charge in [-0.25, -0.2) is 4.68 Å². The number of nitrogens with one attached hydrogen (secondary N) is 1. The lowest BCUT2D eigenvalue weighted by Gasteiger charge is -2.10.